The van der Waals surface area contributed by atoms with E-state index in [0.717, 1.165) is 19.2 Å². The van der Waals surface area contributed by atoms with Crippen molar-refractivity contribution >= 4 is 0 Å². The highest BCUT2D eigenvalue weighted by Crippen LogP contribution is 2.23. The number of hydrogen-bond donors (Lipinski definition) is 1. The van der Waals surface area contributed by atoms with E-state index in [1.807, 2.05) is 0 Å². The normalized spacial score (nSPS) is 20.8. The van der Waals surface area contributed by atoms with E-state index in [2.05, 4.69) is 29.6 Å². The van der Waals surface area contributed by atoms with Crippen molar-refractivity contribution in [1.29, 1.82) is 0 Å². The van der Waals surface area contributed by atoms with Crippen LogP contribution in [-0.2, 0) is 17.9 Å². The molecule has 2 heteroatoms. The molecular weight excluding hydrogens is 246 g/mol. The number of ether oxygens (including phenoxy) is 1. The SMILES string of the molecule is c1ccc(COC2CCCCCC2)c(CNC2CC2)c1. The van der Waals surface area contributed by atoms with Crippen LogP contribution in [0.5, 0.6) is 0 Å². The van der Waals surface area contributed by atoms with Gasteiger partial charge in [-0.3, -0.25) is 0 Å². The molecule has 2 aliphatic carbocycles. The molecule has 2 aliphatic rings. The first-order valence-corrected chi connectivity index (χ1v) is 8.33. The van der Waals surface area contributed by atoms with Gasteiger partial charge in [-0.25, -0.2) is 0 Å². The Kier molecular flexibility index (Phi) is 5.10. The molecule has 20 heavy (non-hydrogen) atoms. The zero-order valence-corrected chi connectivity index (χ0v) is 12.4. The van der Waals surface area contributed by atoms with E-state index in [-0.39, 0.29) is 0 Å². The van der Waals surface area contributed by atoms with E-state index in [9.17, 15) is 0 Å². The van der Waals surface area contributed by atoms with Gasteiger partial charge in [0.1, 0.15) is 0 Å². The van der Waals surface area contributed by atoms with Crippen LogP contribution in [0.3, 0.4) is 0 Å². The maximum Gasteiger partial charge on any atom is 0.0723 e. The van der Waals surface area contributed by atoms with Crippen molar-refractivity contribution in [3.63, 3.8) is 0 Å². The van der Waals surface area contributed by atoms with Crippen molar-refractivity contribution in [2.75, 3.05) is 0 Å². The Labute approximate surface area is 122 Å². The molecule has 1 aromatic rings. The average Bonchev–Trinajstić information content (AvgIpc) is 3.31. The van der Waals surface area contributed by atoms with E-state index in [1.165, 1.54) is 62.5 Å². The van der Waals surface area contributed by atoms with Gasteiger partial charge in [-0.2, -0.15) is 0 Å². The minimum absolute atomic E-state index is 0.488. The molecule has 2 saturated carbocycles. The molecule has 1 N–H and O–H groups in total. The summed E-state index contributed by atoms with van der Waals surface area (Å²) in [5, 5.41) is 3.61. The monoisotopic (exact) mass is 273 g/mol. The summed E-state index contributed by atoms with van der Waals surface area (Å²) in [7, 11) is 0. The van der Waals surface area contributed by atoms with Crippen LogP contribution in [0.2, 0.25) is 0 Å². The average molecular weight is 273 g/mol. The molecule has 0 spiro atoms. The molecule has 2 fully saturated rings. The molecule has 0 bridgehead atoms. The standard InChI is InChI=1S/C18H27NO/c1-2-4-10-18(9-3-1)20-14-16-8-6-5-7-15(16)13-19-17-11-12-17/h5-8,17-19H,1-4,9-14H2. The second-order valence-electron chi connectivity index (χ2n) is 6.35. The number of benzene rings is 1. The number of nitrogens with one attached hydrogen (secondary N) is 1. The molecule has 3 rings (SSSR count). The lowest BCUT2D eigenvalue weighted by Crippen LogP contribution is -2.17. The highest BCUT2D eigenvalue weighted by molar-refractivity contribution is 5.26. The summed E-state index contributed by atoms with van der Waals surface area (Å²) in [6.07, 6.45) is 11.2. The molecule has 0 heterocycles. The summed E-state index contributed by atoms with van der Waals surface area (Å²) in [6, 6.07) is 9.50. The summed E-state index contributed by atoms with van der Waals surface area (Å²) < 4.78 is 6.18. The van der Waals surface area contributed by atoms with Crippen LogP contribution in [0.15, 0.2) is 24.3 Å². The molecule has 2 nitrogen and oxygen atoms in total. The third-order valence-corrected chi connectivity index (χ3v) is 4.55. The van der Waals surface area contributed by atoms with Crippen molar-refractivity contribution in [2.24, 2.45) is 0 Å². The van der Waals surface area contributed by atoms with Gasteiger partial charge < -0.3 is 10.1 Å². The largest absolute Gasteiger partial charge is 0.374 e. The molecule has 0 unspecified atom stereocenters. The molecule has 1 aromatic carbocycles. The van der Waals surface area contributed by atoms with Gasteiger partial charge in [-0.1, -0.05) is 49.9 Å². The Hall–Kier alpha value is -0.860. The third-order valence-electron chi connectivity index (χ3n) is 4.55. The second kappa shape index (κ2) is 7.24. The fourth-order valence-corrected chi connectivity index (χ4v) is 3.03. The van der Waals surface area contributed by atoms with Crippen LogP contribution >= 0.6 is 0 Å². The molecule has 0 radical (unpaired) electrons. The summed E-state index contributed by atoms with van der Waals surface area (Å²) >= 11 is 0. The first kappa shape index (κ1) is 14.1. The van der Waals surface area contributed by atoms with Crippen LogP contribution in [0.4, 0.5) is 0 Å². The molecule has 0 atom stereocenters. The van der Waals surface area contributed by atoms with Gasteiger partial charge in [-0.15, -0.1) is 0 Å². The maximum absolute atomic E-state index is 6.18. The van der Waals surface area contributed by atoms with Gasteiger partial charge in [0.05, 0.1) is 12.7 Å². The lowest BCUT2D eigenvalue weighted by atomic mass is 10.1. The topological polar surface area (TPSA) is 21.3 Å². The number of hydrogen-bond acceptors (Lipinski definition) is 2. The van der Waals surface area contributed by atoms with E-state index < -0.39 is 0 Å². The predicted molar refractivity (Wildman–Crippen MR) is 82.6 cm³/mol. The molecule has 0 amide bonds. The molecule has 0 saturated heterocycles. The molecular formula is C18H27NO. The minimum atomic E-state index is 0.488. The van der Waals surface area contributed by atoms with E-state index in [1.54, 1.807) is 0 Å². The van der Waals surface area contributed by atoms with Gasteiger partial charge in [0, 0.05) is 12.6 Å². The lowest BCUT2D eigenvalue weighted by Gasteiger charge is -2.17. The zero-order chi connectivity index (χ0) is 13.6. The van der Waals surface area contributed by atoms with Crippen molar-refractivity contribution in [3.8, 4) is 0 Å². The van der Waals surface area contributed by atoms with Gasteiger partial charge in [0.2, 0.25) is 0 Å². The quantitative estimate of drug-likeness (QED) is 0.785. The Balaban J connectivity index is 1.52. The van der Waals surface area contributed by atoms with E-state index >= 15 is 0 Å². The smallest absolute Gasteiger partial charge is 0.0723 e. The second-order valence-corrected chi connectivity index (χ2v) is 6.35. The van der Waals surface area contributed by atoms with Crippen LogP contribution in [-0.4, -0.2) is 12.1 Å². The van der Waals surface area contributed by atoms with Crippen LogP contribution in [0, 0.1) is 0 Å². The summed E-state index contributed by atoms with van der Waals surface area (Å²) in [5.74, 6) is 0. The Morgan fingerprint density at radius 2 is 1.60 bits per heavy atom. The number of rotatable bonds is 6. The zero-order valence-electron chi connectivity index (χ0n) is 12.4. The van der Waals surface area contributed by atoms with Crippen LogP contribution in [0.25, 0.3) is 0 Å². The third kappa shape index (κ3) is 4.32. The Morgan fingerprint density at radius 3 is 2.30 bits per heavy atom. The summed E-state index contributed by atoms with van der Waals surface area (Å²) in [6.45, 7) is 1.78. The van der Waals surface area contributed by atoms with Crippen molar-refractivity contribution in [2.45, 2.75) is 76.7 Å². The Bertz CT molecular complexity index is 406. The first-order chi connectivity index (χ1) is 9.92. The van der Waals surface area contributed by atoms with Gasteiger partial charge in [0.15, 0.2) is 0 Å². The van der Waals surface area contributed by atoms with Crippen molar-refractivity contribution in [3.05, 3.63) is 35.4 Å². The van der Waals surface area contributed by atoms with Crippen LogP contribution in [0.1, 0.15) is 62.5 Å². The molecule has 110 valence electrons. The van der Waals surface area contributed by atoms with Crippen LogP contribution < -0.4 is 5.32 Å². The van der Waals surface area contributed by atoms with Gasteiger partial charge in [0.25, 0.3) is 0 Å². The Morgan fingerprint density at radius 1 is 0.900 bits per heavy atom. The maximum atomic E-state index is 6.18. The van der Waals surface area contributed by atoms with Gasteiger partial charge >= 0.3 is 0 Å². The van der Waals surface area contributed by atoms with E-state index in [0.29, 0.717) is 6.10 Å². The fraction of sp³-hybridized carbons (Fsp3) is 0.667. The van der Waals surface area contributed by atoms with E-state index in [4.69, 9.17) is 4.74 Å². The first-order valence-electron chi connectivity index (χ1n) is 8.33. The van der Waals surface area contributed by atoms with Gasteiger partial charge in [-0.05, 0) is 36.8 Å². The highest BCUT2D eigenvalue weighted by atomic mass is 16.5. The highest BCUT2D eigenvalue weighted by Gasteiger charge is 2.20. The predicted octanol–water partition coefficient (Wildman–Crippen LogP) is 4.18. The summed E-state index contributed by atoms with van der Waals surface area (Å²) in [5.41, 5.74) is 2.78. The van der Waals surface area contributed by atoms with Crippen molar-refractivity contribution in [1.82, 2.24) is 5.32 Å². The lowest BCUT2D eigenvalue weighted by molar-refractivity contribution is 0.0306. The molecule has 0 aliphatic heterocycles. The summed E-state index contributed by atoms with van der Waals surface area (Å²) in [4.78, 5) is 0. The fourth-order valence-electron chi connectivity index (χ4n) is 3.03. The minimum Gasteiger partial charge on any atom is -0.374 e. The molecule has 0 aromatic heterocycles. The van der Waals surface area contributed by atoms with Crippen molar-refractivity contribution < 1.29 is 4.74 Å².